The molecule has 0 spiro atoms. The number of hydrazine groups is 1. The molecule has 1 N–H and O–H groups in total. The molecule has 2 aromatic carbocycles. The van der Waals surface area contributed by atoms with Gasteiger partial charge in [0.05, 0.1) is 38.1 Å². The van der Waals surface area contributed by atoms with Gasteiger partial charge in [0.2, 0.25) is 10.0 Å². The number of hydrogen-bond donors (Lipinski definition) is 1. The number of benzene rings is 2. The second-order valence-electron chi connectivity index (χ2n) is 6.58. The number of aryl methyl sites for hydroxylation is 1. The molecule has 0 heterocycles. The molecular weight excluding hydrogens is 530 g/mol. The number of hydrogen-bond acceptors (Lipinski definition) is 10. The fourth-order valence-electron chi connectivity index (χ4n) is 2.56. The summed E-state index contributed by atoms with van der Waals surface area (Å²) in [5, 5.41) is 16.9. The van der Waals surface area contributed by atoms with Gasteiger partial charge in [0.1, 0.15) is 0 Å². The molecule has 2 aromatic rings. The van der Waals surface area contributed by atoms with Crippen LogP contribution in [0.1, 0.15) is 15.9 Å². The summed E-state index contributed by atoms with van der Waals surface area (Å²) in [4.78, 5) is 11.3. The molecule has 174 valence electrons. The predicted molar refractivity (Wildman–Crippen MR) is 117 cm³/mol. The quantitative estimate of drug-likeness (QED) is 0.132. The third-order valence-corrected chi connectivity index (χ3v) is 7.12. The number of anilines is 2. The number of nitrogens with one attached hydrogen (secondary N) is 1. The van der Waals surface area contributed by atoms with Gasteiger partial charge in [-0.2, -0.15) is 14.5 Å². The molecule has 0 bridgehead atoms. The van der Waals surface area contributed by atoms with Gasteiger partial charge >= 0.3 is 59.1 Å². The molecule has 0 fully saturated rings. The van der Waals surface area contributed by atoms with E-state index in [0.29, 0.717) is 15.0 Å². The summed E-state index contributed by atoms with van der Waals surface area (Å²) in [5.74, 6) is -2.63. The van der Waals surface area contributed by atoms with Crippen molar-refractivity contribution in [3.63, 3.8) is 0 Å². The van der Waals surface area contributed by atoms with Gasteiger partial charge in [-0.3, -0.25) is 5.43 Å². The van der Waals surface area contributed by atoms with Crippen molar-refractivity contribution in [2.75, 3.05) is 29.9 Å². The van der Waals surface area contributed by atoms with Crippen LogP contribution < -0.4 is 74.8 Å². The van der Waals surface area contributed by atoms with Crippen molar-refractivity contribution < 1.29 is 90.4 Å². The van der Waals surface area contributed by atoms with Crippen molar-refractivity contribution in [3.05, 3.63) is 52.5 Å². The van der Waals surface area contributed by atoms with Crippen LogP contribution in [0.4, 0.5) is 11.4 Å². The maximum absolute atomic E-state index is 12.7. The van der Waals surface area contributed by atoms with E-state index < -0.39 is 48.9 Å². The van der Waals surface area contributed by atoms with Crippen LogP contribution in [0.2, 0.25) is 5.02 Å². The first-order chi connectivity index (χ1) is 14.8. The van der Waals surface area contributed by atoms with E-state index in [1.54, 1.807) is 25.1 Å². The molecule has 0 radical (unpaired) electrons. The number of rotatable bonds is 10. The van der Waals surface area contributed by atoms with Gasteiger partial charge in [0.15, 0.2) is 0 Å². The van der Waals surface area contributed by atoms with E-state index in [1.807, 2.05) is 0 Å². The summed E-state index contributed by atoms with van der Waals surface area (Å²) in [5.41, 5.74) is 3.47. The Balaban J connectivity index is 0.00000544. The summed E-state index contributed by atoms with van der Waals surface area (Å²) in [6, 6.07) is 8.06. The van der Waals surface area contributed by atoms with Gasteiger partial charge < -0.3 is 14.5 Å². The molecule has 34 heavy (non-hydrogen) atoms. The predicted octanol–water partition coefficient (Wildman–Crippen LogP) is -5.37. The van der Waals surface area contributed by atoms with Crippen molar-refractivity contribution in [2.24, 2.45) is 5.10 Å². The van der Waals surface area contributed by atoms with Crippen molar-refractivity contribution in [1.29, 1.82) is 0 Å². The Labute approximate surface area is 247 Å². The average Bonchev–Trinajstić information content (AvgIpc) is 2.71. The molecule has 11 nitrogen and oxygen atoms in total. The minimum Gasteiger partial charge on any atom is -0.748 e. The first kappa shape index (κ1) is 33.3. The van der Waals surface area contributed by atoms with Gasteiger partial charge in [-0.15, -0.1) is 0 Å². The van der Waals surface area contributed by atoms with Crippen molar-refractivity contribution in [3.8, 4) is 0 Å². The number of carbonyl (C=O) groups is 1. The number of sulfonamides is 1. The van der Waals surface area contributed by atoms with Gasteiger partial charge in [0, 0.05) is 30.9 Å². The van der Waals surface area contributed by atoms with Gasteiger partial charge in [-0.25, -0.2) is 16.8 Å². The zero-order valence-electron chi connectivity index (χ0n) is 19.0. The monoisotopic (exact) mass is 548 g/mol. The molecule has 0 saturated heterocycles. The molecule has 0 unspecified atom stereocenters. The maximum Gasteiger partial charge on any atom is 1.00 e. The number of carboxylic acid groups (broad SMARTS) is 1. The number of aromatic carboxylic acids is 1. The van der Waals surface area contributed by atoms with E-state index in [0.717, 1.165) is 35.9 Å². The van der Waals surface area contributed by atoms with E-state index in [-0.39, 0.29) is 64.8 Å². The molecule has 0 atom stereocenters. The van der Waals surface area contributed by atoms with Crippen LogP contribution in [0, 0.1) is 6.92 Å². The summed E-state index contributed by atoms with van der Waals surface area (Å²) >= 11 is 5.99. The minimum absolute atomic E-state index is 0. The average molecular weight is 549 g/mol. The number of carbonyl (C=O) groups excluding carboxylic acids is 1. The van der Waals surface area contributed by atoms with E-state index >= 15 is 0 Å². The van der Waals surface area contributed by atoms with Crippen LogP contribution in [0.5, 0.6) is 0 Å². The topological polar surface area (TPSA) is 162 Å². The van der Waals surface area contributed by atoms with Crippen LogP contribution in [-0.4, -0.2) is 57.7 Å². The third-order valence-electron chi connectivity index (χ3n) is 4.35. The molecule has 0 aliphatic heterocycles. The van der Waals surface area contributed by atoms with Gasteiger partial charge in [-0.1, -0.05) is 17.7 Å². The van der Waals surface area contributed by atoms with Crippen LogP contribution >= 0.6 is 11.6 Å². The first-order valence-corrected chi connectivity index (χ1v) is 12.2. The summed E-state index contributed by atoms with van der Waals surface area (Å²) in [6.07, 6.45) is 0. The summed E-state index contributed by atoms with van der Waals surface area (Å²) < 4.78 is 58.4. The third kappa shape index (κ3) is 8.75. The number of hydrazone groups is 1. The van der Waals surface area contributed by atoms with Crippen LogP contribution in [0.3, 0.4) is 0 Å². The smallest absolute Gasteiger partial charge is 0.748 e. The fraction of sp³-hybridized carbons (Fsp3) is 0.222. The number of halogens is 1. The van der Waals surface area contributed by atoms with Gasteiger partial charge in [0.25, 0.3) is 0 Å². The van der Waals surface area contributed by atoms with Crippen LogP contribution in [-0.2, 0) is 20.1 Å². The first-order valence-electron chi connectivity index (χ1n) is 8.81. The summed E-state index contributed by atoms with van der Waals surface area (Å²) in [7, 11) is -7.88. The molecule has 0 aliphatic carbocycles. The van der Waals surface area contributed by atoms with Crippen molar-refractivity contribution in [1.82, 2.24) is 4.31 Å². The number of carboxylic acids is 1. The van der Waals surface area contributed by atoms with Crippen LogP contribution in [0.25, 0.3) is 0 Å². The van der Waals surface area contributed by atoms with E-state index in [2.05, 4.69) is 17.2 Å². The largest absolute Gasteiger partial charge is 1.00 e. The second-order valence-corrected chi connectivity index (χ2v) is 10.6. The standard InChI is InChI=1S/C18H21ClN4O7S2.2Na/c1-12-4-5-13(19)10-16(12)21-23(20-2)17-7-6-14(11-15(17)18(24)25)32(29,30)22(3)8-9-31(26,27)28;;/h4-7,10-11,21H,2,8-9H2,1,3H3,(H,24,25)(H,26,27,28);;/q;2*+1/p-2. The minimum atomic E-state index is -4.64. The SMILES string of the molecule is C=NN(Nc1cc(Cl)ccc1C)c1ccc(S(=O)(=O)N(C)CCS(=O)(=O)[O-])cc1C(=O)[O-].[Na+].[Na+]. The Kier molecular flexibility index (Phi) is 13.3. The van der Waals surface area contributed by atoms with E-state index in [9.17, 15) is 31.3 Å². The Hall–Kier alpha value is -0.710. The fourth-order valence-corrected chi connectivity index (χ4v) is 4.55. The molecule has 0 aromatic heterocycles. The second kappa shape index (κ2) is 13.6. The zero-order chi connectivity index (χ0) is 24.3. The van der Waals surface area contributed by atoms with Crippen molar-refractivity contribution in [2.45, 2.75) is 11.8 Å². The molecular formula is C18H19ClN4Na2O7S2. The van der Waals surface area contributed by atoms with Crippen LogP contribution in [0.15, 0.2) is 46.4 Å². The normalized spacial score (nSPS) is 11.2. The Morgan fingerprint density at radius 1 is 1.15 bits per heavy atom. The van der Waals surface area contributed by atoms with E-state index in [4.69, 9.17) is 11.6 Å². The molecule has 0 saturated carbocycles. The van der Waals surface area contributed by atoms with Crippen molar-refractivity contribution >= 4 is 55.8 Å². The molecule has 16 heteroatoms. The Morgan fingerprint density at radius 3 is 2.29 bits per heavy atom. The maximum atomic E-state index is 12.7. The number of nitrogens with zero attached hydrogens (tertiary/aromatic N) is 3. The molecule has 2 rings (SSSR count). The Morgan fingerprint density at radius 2 is 1.76 bits per heavy atom. The molecule has 0 amide bonds. The zero-order valence-corrected chi connectivity index (χ0v) is 25.4. The van der Waals surface area contributed by atoms with Gasteiger partial charge in [-0.05, 0) is 42.8 Å². The van der Waals surface area contributed by atoms with E-state index in [1.165, 1.54) is 0 Å². The molecule has 0 aliphatic rings. The summed E-state index contributed by atoms with van der Waals surface area (Å²) in [6.45, 7) is 4.55. The Bertz CT molecular complexity index is 1260.